The molecule has 1 N–H and O–H groups in total. The largest absolute Gasteiger partial charge is 0.484 e. The molecule has 1 aliphatic carbocycles. The Kier molecular flexibility index (Phi) is 9.43. The molecular weight excluding hydrogens is 600 g/mol. The van der Waals surface area contributed by atoms with E-state index in [-0.39, 0.29) is 23.5 Å². The molecule has 3 atom stereocenters. The van der Waals surface area contributed by atoms with Crippen LogP contribution in [0.4, 0.5) is 11.4 Å². The minimum absolute atomic E-state index is 0.0111. The molecule has 9 heteroatoms. The minimum Gasteiger partial charge on any atom is -0.484 e. The second kappa shape index (κ2) is 13.9. The first-order valence-electron chi connectivity index (χ1n) is 17.8. The number of carbonyl (C=O) groups excluding carboxylic acids is 1. The molecule has 2 aliphatic heterocycles. The Bertz CT molecular complexity index is 1740. The SMILES string of the molecule is CN1CCC[C@H]1c1nnc2ccc(O[C@@H]3CC[C@H](CCCC(=O)Nc4cc(N5CCOCC5)cc(C(C)(C)C)c4)c4ccccc43)cn12. The van der Waals surface area contributed by atoms with Gasteiger partial charge in [0.1, 0.15) is 11.9 Å². The lowest BCUT2D eigenvalue weighted by Crippen LogP contribution is -2.36. The lowest BCUT2D eigenvalue weighted by Gasteiger charge is -2.32. The van der Waals surface area contributed by atoms with Gasteiger partial charge in [0.15, 0.2) is 11.5 Å². The van der Waals surface area contributed by atoms with E-state index >= 15 is 0 Å². The summed E-state index contributed by atoms with van der Waals surface area (Å²) in [5.74, 6) is 2.32. The van der Waals surface area contributed by atoms with Crippen molar-refractivity contribution in [2.75, 3.05) is 50.1 Å². The molecule has 48 heavy (non-hydrogen) atoms. The molecule has 0 spiro atoms. The number of rotatable bonds is 9. The molecule has 4 heterocycles. The van der Waals surface area contributed by atoms with Crippen LogP contribution >= 0.6 is 0 Å². The molecular formula is C39H50N6O3. The summed E-state index contributed by atoms with van der Waals surface area (Å²) in [5, 5.41) is 12.2. The number of fused-ring (bicyclic) bond motifs is 2. The normalized spacial score (nSPS) is 21.8. The summed E-state index contributed by atoms with van der Waals surface area (Å²) in [6, 6.07) is 19.5. The predicted molar refractivity (Wildman–Crippen MR) is 190 cm³/mol. The van der Waals surface area contributed by atoms with E-state index in [0.29, 0.717) is 12.3 Å². The Morgan fingerprint density at radius 2 is 1.79 bits per heavy atom. The first-order chi connectivity index (χ1) is 23.2. The molecule has 2 fully saturated rings. The van der Waals surface area contributed by atoms with Gasteiger partial charge in [0.2, 0.25) is 5.91 Å². The highest BCUT2D eigenvalue weighted by atomic mass is 16.5. The van der Waals surface area contributed by atoms with E-state index in [2.05, 4.69) is 106 Å². The van der Waals surface area contributed by atoms with Gasteiger partial charge in [-0.05, 0) is 110 Å². The third-order valence-corrected chi connectivity index (χ3v) is 10.5. The van der Waals surface area contributed by atoms with Gasteiger partial charge in [-0.2, -0.15) is 0 Å². The topological polar surface area (TPSA) is 84.2 Å². The molecule has 0 bridgehead atoms. The average Bonchev–Trinajstić information content (AvgIpc) is 3.70. The second-order valence-corrected chi connectivity index (χ2v) is 14.9. The van der Waals surface area contributed by atoms with E-state index in [9.17, 15) is 4.79 Å². The monoisotopic (exact) mass is 650 g/mol. The van der Waals surface area contributed by atoms with Crippen molar-refractivity contribution in [1.82, 2.24) is 19.5 Å². The quantitative estimate of drug-likeness (QED) is 0.202. The predicted octanol–water partition coefficient (Wildman–Crippen LogP) is 7.44. The number of likely N-dealkylation sites (tertiary alicyclic amines) is 1. The van der Waals surface area contributed by atoms with E-state index in [0.717, 1.165) is 93.5 Å². The van der Waals surface area contributed by atoms with Crippen molar-refractivity contribution >= 4 is 22.9 Å². The zero-order valence-corrected chi connectivity index (χ0v) is 29.0. The summed E-state index contributed by atoms with van der Waals surface area (Å²) in [5.41, 5.74) is 6.69. The molecule has 2 saturated heterocycles. The molecule has 4 aromatic rings. The number of hydrogen-bond donors (Lipinski definition) is 1. The maximum atomic E-state index is 13.2. The van der Waals surface area contributed by atoms with Gasteiger partial charge >= 0.3 is 0 Å². The van der Waals surface area contributed by atoms with Crippen LogP contribution in [0.15, 0.2) is 60.8 Å². The highest BCUT2D eigenvalue weighted by Crippen LogP contribution is 2.42. The van der Waals surface area contributed by atoms with E-state index in [4.69, 9.17) is 9.47 Å². The zero-order valence-electron chi connectivity index (χ0n) is 29.0. The van der Waals surface area contributed by atoms with Gasteiger partial charge in [-0.15, -0.1) is 10.2 Å². The van der Waals surface area contributed by atoms with Gasteiger partial charge in [-0.3, -0.25) is 14.1 Å². The first-order valence-corrected chi connectivity index (χ1v) is 17.8. The molecule has 3 aliphatic rings. The van der Waals surface area contributed by atoms with E-state index < -0.39 is 0 Å². The fourth-order valence-corrected chi connectivity index (χ4v) is 7.70. The fourth-order valence-electron chi connectivity index (χ4n) is 7.70. The van der Waals surface area contributed by atoms with Crippen molar-refractivity contribution in [3.05, 3.63) is 83.3 Å². The number of aromatic nitrogens is 3. The molecule has 0 unspecified atom stereocenters. The summed E-state index contributed by atoms with van der Waals surface area (Å²) in [6.07, 6.45) is 8.62. The van der Waals surface area contributed by atoms with Gasteiger partial charge < -0.3 is 19.7 Å². The van der Waals surface area contributed by atoms with Crippen LogP contribution in [0.2, 0.25) is 0 Å². The van der Waals surface area contributed by atoms with E-state index in [1.54, 1.807) is 0 Å². The van der Waals surface area contributed by atoms with Crippen molar-refractivity contribution in [2.24, 2.45) is 0 Å². The van der Waals surface area contributed by atoms with E-state index in [1.165, 1.54) is 23.1 Å². The Balaban J connectivity index is 0.987. The summed E-state index contributed by atoms with van der Waals surface area (Å²) < 4.78 is 14.4. The van der Waals surface area contributed by atoms with Crippen LogP contribution in [0.5, 0.6) is 5.75 Å². The first kappa shape index (κ1) is 32.6. The standard InChI is InChI=1S/C39H50N6O3/c1-39(2,3)28-23-29(25-30(24-28)44-19-21-47-22-20-44)40-37(46)13-7-9-27-14-16-35(33-11-6-5-10-32(27)33)48-31-15-17-36-41-42-38(45(36)26-31)34-12-8-18-43(34)4/h5-6,10-11,15,17,23-27,34-35H,7-9,12-14,16,18-22H2,1-4H3,(H,40,46)/t27-,34-,35+/m0/s1. The lowest BCUT2D eigenvalue weighted by molar-refractivity contribution is -0.116. The number of morpholine rings is 1. The van der Waals surface area contributed by atoms with Crippen LogP contribution < -0.4 is 15.0 Å². The number of pyridine rings is 1. The molecule has 1 amide bonds. The number of nitrogens with one attached hydrogen (secondary N) is 1. The molecule has 9 nitrogen and oxygen atoms in total. The van der Waals surface area contributed by atoms with Crippen LogP contribution in [0, 0.1) is 0 Å². The number of carbonyl (C=O) groups is 1. The smallest absolute Gasteiger partial charge is 0.224 e. The van der Waals surface area contributed by atoms with Crippen LogP contribution in [0.3, 0.4) is 0 Å². The number of ether oxygens (including phenoxy) is 2. The van der Waals surface area contributed by atoms with Crippen molar-refractivity contribution in [1.29, 1.82) is 0 Å². The van der Waals surface area contributed by atoms with Gasteiger partial charge in [-0.1, -0.05) is 45.0 Å². The van der Waals surface area contributed by atoms with Gasteiger partial charge in [-0.25, -0.2) is 0 Å². The third kappa shape index (κ3) is 7.08. The number of hydrogen-bond acceptors (Lipinski definition) is 7. The van der Waals surface area contributed by atoms with Crippen molar-refractivity contribution in [2.45, 2.75) is 89.2 Å². The maximum absolute atomic E-state index is 13.2. The van der Waals surface area contributed by atoms with Gasteiger partial charge in [0.25, 0.3) is 0 Å². The molecule has 0 radical (unpaired) electrons. The zero-order chi connectivity index (χ0) is 33.3. The summed E-state index contributed by atoms with van der Waals surface area (Å²) in [4.78, 5) is 17.9. The van der Waals surface area contributed by atoms with Crippen LogP contribution in [0.1, 0.15) is 106 Å². The molecule has 0 saturated carbocycles. The van der Waals surface area contributed by atoms with Crippen molar-refractivity contribution in [3.63, 3.8) is 0 Å². The van der Waals surface area contributed by atoms with Gasteiger partial charge in [0.05, 0.1) is 25.5 Å². The number of amides is 1. The van der Waals surface area contributed by atoms with Gasteiger partial charge in [0, 0.05) is 30.9 Å². The Morgan fingerprint density at radius 3 is 2.56 bits per heavy atom. The fraction of sp³-hybridized carbons (Fsp3) is 0.513. The maximum Gasteiger partial charge on any atom is 0.224 e. The Morgan fingerprint density at radius 1 is 0.979 bits per heavy atom. The third-order valence-electron chi connectivity index (χ3n) is 10.5. The van der Waals surface area contributed by atoms with Crippen LogP contribution in [0.25, 0.3) is 5.65 Å². The lowest BCUT2D eigenvalue weighted by atomic mass is 9.79. The Labute approximate surface area is 284 Å². The van der Waals surface area contributed by atoms with Crippen LogP contribution in [-0.2, 0) is 14.9 Å². The minimum atomic E-state index is -0.0173. The second-order valence-electron chi connectivity index (χ2n) is 14.9. The molecule has 2 aromatic heterocycles. The number of nitrogens with zero attached hydrogens (tertiary/aromatic N) is 5. The average molecular weight is 651 g/mol. The summed E-state index contributed by atoms with van der Waals surface area (Å²) >= 11 is 0. The highest BCUT2D eigenvalue weighted by molar-refractivity contribution is 5.91. The molecule has 7 rings (SSSR count). The van der Waals surface area contributed by atoms with Crippen molar-refractivity contribution < 1.29 is 14.3 Å². The van der Waals surface area contributed by atoms with Crippen molar-refractivity contribution in [3.8, 4) is 5.75 Å². The summed E-state index contributed by atoms with van der Waals surface area (Å²) in [6.45, 7) is 10.9. The number of anilines is 2. The van der Waals surface area contributed by atoms with Crippen LogP contribution in [-0.4, -0.2) is 65.3 Å². The Hall–Kier alpha value is -3.95. The highest BCUT2D eigenvalue weighted by Gasteiger charge is 2.30. The van der Waals surface area contributed by atoms with E-state index in [1.807, 2.05) is 12.1 Å². The molecule has 254 valence electrons. The summed E-state index contributed by atoms with van der Waals surface area (Å²) in [7, 11) is 2.16. The number of benzene rings is 2. The molecule has 2 aromatic carbocycles.